The van der Waals surface area contributed by atoms with E-state index < -0.39 is 0 Å². The minimum absolute atomic E-state index is 0.121. The Hall–Kier alpha value is -0.570. The normalized spacial score (nSPS) is 31.8. The van der Waals surface area contributed by atoms with Crippen LogP contribution in [0, 0.1) is 11.8 Å². The van der Waals surface area contributed by atoms with Crippen LogP contribution in [0.2, 0.25) is 0 Å². The van der Waals surface area contributed by atoms with E-state index in [1.807, 2.05) is 0 Å². The van der Waals surface area contributed by atoms with Gasteiger partial charge in [0.25, 0.3) is 0 Å². The molecule has 2 N–H and O–H groups in total. The third-order valence-electron chi connectivity index (χ3n) is 3.50. The van der Waals surface area contributed by atoms with Gasteiger partial charge in [0.05, 0.1) is 0 Å². The second-order valence-electron chi connectivity index (χ2n) is 4.40. The van der Waals surface area contributed by atoms with E-state index in [1.165, 1.54) is 12.8 Å². The smallest absolute Gasteiger partial charge is 0.221 e. The van der Waals surface area contributed by atoms with Gasteiger partial charge in [-0.25, -0.2) is 0 Å². The zero-order chi connectivity index (χ0) is 10.6. The predicted octanol–water partition coefficient (Wildman–Crippen LogP) is 1.15. The van der Waals surface area contributed by atoms with Gasteiger partial charge in [0.15, 0.2) is 0 Å². The van der Waals surface area contributed by atoms with Crippen molar-refractivity contribution in [2.24, 2.45) is 11.8 Å². The zero-order valence-electron chi connectivity index (χ0n) is 9.47. The SMILES string of the molecule is CNC(=O)CCNC1CCC(C)C1C. The largest absolute Gasteiger partial charge is 0.359 e. The van der Waals surface area contributed by atoms with E-state index in [4.69, 9.17) is 0 Å². The second-order valence-corrected chi connectivity index (χ2v) is 4.40. The lowest BCUT2D eigenvalue weighted by Gasteiger charge is -2.19. The number of nitrogens with one attached hydrogen (secondary N) is 2. The van der Waals surface area contributed by atoms with Gasteiger partial charge in [0, 0.05) is 26.1 Å². The summed E-state index contributed by atoms with van der Waals surface area (Å²) in [4.78, 5) is 11.0. The maximum atomic E-state index is 11.0. The number of amides is 1. The van der Waals surface area contributed by atoms with Crippen molar-refractivity contribution in [3.8, 4) is 0 Å². The fourth-order valence-corrected chi connectivity index (χ4v) is 2.15. The van der Waals surface area contributed by atoms with Gasteiger partial charge in [0.2, 0.25) is 5.91 Å². The van der Waals surface area contributed by atoms with E-state index in [-0.39, 0.29) is 5.91 Å². The van der Waals surface area contributed by atoms with Crippen molar-refractivity contribution in [1.82, 2.24) is 10.6 Å². The first-order valence-electron chi connectivity index (χ1n) is 5.59. The van der Waals surface area contributed by atoms with Crippen molar-refractivity contribution in [3.05, 3.63) is 0 Å². The molecule has 82 valence electrons. The molecule has 0 aliphatic heterocycles. The molecule has 0 bridgehead atoms. The van der Waals surface area contributed by atoms with Gasteiger partial charge < -0.3 is 10.6 Å². The highest BCUT2D eigenvalue weighted by molar-refractivity contribution is 5.75. The first kappa shape index (κ1) is 11.5. The van der Waals surface area contributed by atoms with Crippen LogP contribution in [0.25, 0.3) is 0 Å². The molecule has 1 aliphatic rings. The molecular formula is C11H22N2O. The van der Waals surface area contributed by atoms with Crippen LogP contribution < -0.4 is 10.6 Å². The molecule has 1 fully saturated rings. The minimum Gasteiger partial charge on any atom is -0.359 e. The van der Waals surface area contributed by atoms with Crippen molar-refractivity contribution in [2.45, 2.75) is 39.2 Å². The van der Waals surface area contributed by atoms with E-state index in [2.05, 4.69) is 24.5 Å². The maximum Gasteiger partial charge on any atom is 0.221 e. The molecule has 0 aromatic carbocycles. The molecule has 3 atom stereocenters. The molecule has 0 heterocycles. The Morgan fingerprint density at radius 1 is 1.36 bits per heavy atom. The Kier molecular flexibility index (Phi) is 4.39. The summed E-state index contributed by atoms with van der Waals surface area (Å²) < 4.78 is 0. The fourth-order valence-electron chi connectivity index (χ4n) is 2.15. The zero-order valence-corrected chi connectivity index (χ0v) is 9.47. The van der Waals surface area contributed by atoms with Crippen LogP contribution in [-0.2, 0) is 4.79 Å². The Morgan fingerprint density at radius 3 is 2.57 bits per heavy atom. The summed E-state index contributed by atoms with van der Waals surface area (Å²) in [6.45, 7) is 5.42. The summed E-state index contributed by atoms with van der Waals surface area (Å²) in [6, 6.07) is 0.620. The maximum absolute atomic E-state index is 11.0. The van der Waals surface area contributed by atoms with E-state index in [0.717, 1.165) is 18.4 Å². The van der Waals surface area contributed by atoms with Gasteiger partial charge in [-0.1, -0.05) is 13.8 Å². The molecule has 1 aliphatic carbocycles. The van der Waals surface area contributed by atoms with Gasteiger partial charge in [-0.05, 0) is 24.7 Å². The number of hydrogen-bond acceptors (Lipinski definition) is 2. The van der Waals surface area contributed by atoms with E-state index >= 15 is 0 Å². The van der Waals surface area contributed by atoms with Crippen LogP contribution in [0.1, 0.15) is 33.1 Å². The number of rotatable bonds is 4. The average molecular weight is 198 g/mol. The fraction of sp³-hybridized carbons (Fsp3) is 0.909. The number of carbonyl (C=O) groups excluding carboxylic acids is 1. The molecule has 0 saturated heterocycles. The molecule has 0 radical (unpaired) electrons. The van der Waals surface area contributed by atoms with Gasteiger partial charge >= 0.3 is 0 Å². The Labute approximate surface area is 86.6 Å². The Balaban J connectivity index is 2.16. The quantitative estimate of drug-likeness (QED) is 0.711. The van der Waals surface area contributed by atoms with Crippen molar-refractivity contribution in [2.75, 3.05) is 13.6 Å². The molecule has 0 aromatic rings. The lowest BCUT2D eigenvalue weighted by Crippen LogP contribution is -2.35. The van der Waals surface area contributed by atoms with Crippen molar-refractivity contribution in [1.29, 1.82) is 0 Å². The molecule has 1 rings (SSSR count). The summed E-state index contributed by atoms with van der Waals surface area (Å²) in [5.41, 5.74) is 0. The topological polar surface area (TPSA) is 41.1 Å². The van der Waals surface area contributed by atoms with E-state index in [0.29, 0.717) is 12.5 Å². The standard InChI is InChI=1S/C11H22N2O/c1-8-4-5-10(9(8)2)13-7-6-11(14)12-3/h8-10,13H,4-7H2,1-3H3,(H,12,14). The van der Waals surface area contributed by atoms with Crippen LogP contribution in [0.15, 0.2) is 0 Å². The number of hydrogen-bond donors (Lipinski definition) is 2. The highest BCUT2D eigenvalue weighted by Gasteiger charge is 2.28. The molecule has 14 heavy (non-hydrogen) atoms. The van der Waals surface area contributed by atoms with Gasteiger partial charge in [0.1, 0.15) is 0 Å². The molecule has 0 aromatic heterocycles. The van der Waals surface area contributed by atoms with Crippen LogP contribution in [0.3, 0.4) is 0 Å². The first-order chi connectivity index (χ1) is 6.65. The highest BCUT2D eigenvalue weighted by atomic mass is 16.1. The highest BCUT2D eigenvalue weighted by Crippen LogP contribution is 2.30. The molecule has 3 nitrogen and oxygen atoms in total. The lowest BCUT2D eigenvalue weighted by molar-refractivity contribution is -0.120. The van der Waals surface area contributed by atoms with Crippen LogP contribution in [-0.4, -0.2) is 25.5 Å². The molecule has 1 amide bonds. The molecule has 1 saturated carbocycles. The van der Waals surface area contributed by atoms with Crippen LogP contribution in [0.5, 0.6) is 0 Å². The van der Waals surface area contributed by atoms with Crippen molar-refractivity contribution in [3.63, 3.8) is 0 Å². The van der Waals surface area contributed by atoms with Crippen LogP contribution in [0.4, 0.5) is 0 Å². The third-order valence-corrected chi connectivity index (χ3v) is 3.50. The first-order valence-corrected chi connectivity index (χ1v) is 5.59. The minimum atomic E-state index is 0.121. The molecule has 3 unspecified atom stereocenters. The van der Waals surface area contributed by atoms with Gasteiger partial charge in [-0.3, -0.25) is 4.79 Å². The van der Waals surface area contributed by atoms with E-state index in [9.17, 15) is 4.79 Å². The summed E-state index contributed by atoms with van der Waals surface area (Å²) in [7, 11) is 1.68. The summed E-state index contributed by atoms with van der Waals surface area (Å²) in [5, 5.41) is 6.10. The summed E-state index contributed by atoms with van der Waals surface area (Å²) in [6.07, 6.45) is 3.17. The summed E-state index contributed by atoms with van der Waals surface area (Å²) in [5.74, 6) is 1.70. The monoisotopic (exact) mass is 198 g/mol. The van der Waals surface area contributed by atoms with E-state index in [1.54, 1.807) is 7.05 Å². The van der Waals surface area contributed by atoms with Crippen molar-refractivity contribution >= 4 is 5.91 Å². The lowest BCUT2D eigenvalue weighted by atomic mass is 9.98. The van der Waals surface area contributed by atoms with Crippen LogP contribution >= 0.6 is 0 Å². The Morgan fingerprint density at radius 2 is 2.07 bits per heavy atom. The molecular weight excluding hydrogens is 176 g/mol. The second kappa shape index (κ2) is 5.35. The van der Waals surface area contributed by atoms with Gasteiger partial charge in [-0.2, -0.15) is 0 Å². The molecule has 0 spiro atoms. The average Bonchev–Trinajstić information content (AvgIpc) is 2.49. The Bertz CT molecular complexity index is 194. The van der Waals surface area contributed by atoms with Crippen molar-refractivity contribution < 1.29 is 4.79 Å². The summed E-state index contributed by atoms with van der Waals surface area (Å²) >= 11 is 0. The predicted molar refractivity (Wildman–Crippen MR) is 58.0 cm³/mol. The third kappa shape index (κ3) is 2.98. The van der Waals surface area contributed by atoms with Gasteiger partial charge in [-0.15, -0.1) is 0 Å². The molecule has 3 heteroatoms. The number of carbonyl (C=O) groups is 1.